The number of benzene rings is 1. The van der Waals surface area contributed by atoms with Gasteiger partial charge >= 0.3 is 0 Å². The molecule has 0 saturated heterocycles. The molecule has 0 aliphatic heterocycles. The minimum atomic E-state index is 0.597. The van der Waals surface area contributed by atoms with Crippen LogP contribution in [0.3, 0.4) is 0 Å². The summed E-state index contributed by atoms with van der Waals surface area (Å²) in [6.45, 7) is 6.77. The van der Waals surface area contributed by atoms with Crippen molar-refractivity contribution in [1.29, 1.82) is 0 Å². The van der Waals surface area contributed by atoms with Crippen LogP contribution in [0.1, 0.15) is 13.3 Å². The van der Waals surface area contributed by atoms with Crippen molar-refractivity contribution in [2.45, 2.75) is 13.3 Å². The molecule has 0 aromatic heterocycles. The molecule has 0 fully saturated rings. The van der Waals surface area contributed by atoms with E-state index in [1.807, 2.05) is 12.1 Å². The summed E-state index contributed by atoms with van der Waals surface area (Å²) in [5.41, 5.74) is 2.06. The van der Waals surface area contributed by atoms with Gasteiger partial charge < -0.3 is 19.5 Å². The molecule has 0 radical (unpaired) electrons. The van der Waals surface area contributed by atoms with Gasteiger partial charge in [-0.3, -0.25) is 0 Å². The Labute approximate surface area is 109 Å². The predicted molar refractivity (Wildman–Crippen MR) is 74.0 cm³/mol. The average Bonchev–Trinajstić information content (AvgIpc) is 2.43. The fourth-order valence-electron chi connectivity index (χ4n) is 1.54. The molecular weight excluding hydrogens is 230 g/mol. The molecule has 1 rings (SSSR count). The van der Waals surface area contributed by atoms with Crippen molar-refractivity contribution in [1.82, 2.24) is 0 Å². The molecule has 1 aromatic rings. The highest BCUT2D eigenvalue weighted by atomic mass is 16.5. The highest BCUT2D eigenvalue weighted by molar-refractivity contribution is 5.62. The summed E-state index contributed by atoms with van der Waals surface area (Å²) in [5, 5.41) is 3.28. The molecule has 0 amide bonds. The van der Waals surface area contributed by atoms with E-state index in [1.54, 1.807) is 21.3 Å². The van der Waals surface area contributed by atoms with E-state index in [4.69, 9.17) is 14.2 Å². The van der Waals surface area contributed by atoms with Crippen LogP contribution in [-0.2, 0) is 0 Å². The molecule has 0 aliphatic carbocycles. The quantitative estimate of drug-likeness (QED) is 0.756. The van der Waals surface area contributed by atoms with Gasteiger partial charge in [0.25, 0.3) is 0 Å². The molecule has 0 heterocycles. The van der Waals surface area contributed by atoms with Gasteiger partial charge in [0.05, 0.1) is 21.3 Å². The number of nitrogens with one attached hydrogen (secondary N) is 1. The van der Waals surface area contributed by atoms with Crippen molar-refractivity contribution >= 4 is 5.69 Å². The van der Waals surface area contributed by atoms with E-state index >= 15 is 0 Å². The fourth-order valence-corrected chi connectivity index (χ4v) is 1.54. The molecule has 18 heavy (non-hydrogen) atoms. The van der Waals surface area contributed by atoms with Gasteiger partial charge in [0.15, 0.2) is 11.5 Å². The number of methoxy groups -OCH3 is 3. The zero-order valence-electron chi connectivity index (χ0n) is 11.5. The third kappa shape index (κ3) is 3.32. The topological polar surface area (TPSA) is 39.7 Å². The second kappa shape index (κ2) is 6.79. The molecule has 1 N–H and O–H groups in total. The van der Waals surface area contributed by atoms with Crippen LogP contribution in [0, 0.1) is 0 Å². The van der Waals surface area contributed by atoms with Crippen LogP contribution >= 0.6 is 0 Å². The van der Waals surface area contributed by atoms with Crippen molar-refractivity contribution in [3.63, 3.8) is 0 Å². The van der Waals surface area contributed by atoms with E-state index < -0.39 is 0 Å². The summed E-state index contributed by atoms with van der Waals surface area (Å²) in [6, 6.07) is 3.76. The first kappa shape index (κ1) is 14.2. The minimum Gasteiger partial charge on any atom is -0.493 e. The summed E-state index contributed by atoms with van der Waals surface area (Å²) >= 11 is 0. The Kier molecular flexibility index (Phi) is 5.36. The van der Waals surface area contributed by atoms with E-state index in [0.29, 0.717) is 17.2 Å². The minimum absolute atomic E-state index is 0.597. The summed E-state index contributed by atoms with van der Waals surface area (Å²) in [4.78, 5) is 0. The SMILES string of the molecule is C=C(CC)CNc1cc(OC)c(OC)c(OC)c1. The Bertz CT molecular complexity index is 390. The zero-order valence-corrected chi connectivity index (χ0v) is 11.5. The lowest BCUT2D eigenvalue weighted by atomic mass is 10.2. The van der Waals surface area contributed by atoms with Gasteiger partial charge in [-0.1, -0.05) is 19.1 Å². The van der Waals surface area contributed by atoms with Gasteiger partial charge in [0.1, 0.15) is 0 Å². The Morgan fingerprint density at radius 3 is 2.06 bits per heavy atom. The average molecular weight is 251 g/mol. The Hall–Kier alpha value is -1.84. The lowest BCUT2D eigenvalue weighted by Crippen LogP contribution is -2.04. The Morgan fingerprint density at radius 1 is 1.11 bits per heavy atom. The van der Waals surface area contributed by atoms with Crippen molar-refractivity contribution in [3.05, 3.63) is 24.3 Å². The molecule has 1 aromatic carbocycles. The molecule has 0 unspecified atom stereocenters. The van der Waals surface area contributed by atoms with Crippen LogP contribution in [-0.4, -0.2) is 27.9 Å². The first-order chi connectivity index (χ1) is 8.65. The van der Waals surface area contributed by atoms with Crippen LogP contribution in [0.4, 0.5) is 5.69 Å². The number of hydrogen-bond acceptors (Lipinski definition) is 4. The maximum Gasteiger partial charge on any atom is 0.203 e. The summed E-state index contributed by atoms with van der Waals surface area (Å²) in [6.07, 6.45) is 0.956. The third-order valence-electron chi connectivity index (χ3n) is 2.71. The predicted octanol–water partition coefficient (Wildman–Crippen LogP) is 3.09. The van der Waals surface area contributed by atoms with Gasteiger partial charge in [-0.05, 0) is 6.42 Å². The van der Waals surface area contributed by atoms with Crippen molar-refractivity contribution in [2.75, 3.05) is 33.2 Å². The van der Waals surface area contributed by atoms with Crippen molar-refractivity contribution in [3.8, 4) is 17.2 Å². The van der Waals surface area contributed by atoms with E-state index in [1.165, 1.54) is 0 Å². The first-order valence-corrected chi connectivity index (χ1v) is 5.86. The second-order valence-corrected chi connectivity index (χ2v) is 3.87. The molecule has 0 saturated carbocycles. The molecular formula is C14H21NO3. The standard InChI is InChI=1S/C14H21NO3/c1-6-10(2)9-15-11-7-12(16-3)14(18-5)13(8-11)17-4/h7-8,15H,2,6,9H2,1,3-5H3. The van der Waals surface area contributed by atoms with E-state index in [9.17, 15) is 0 Å². The van der Waals surface area contributed by atoms with Gasteiger partial charge in [0, 0.05) is 24.4 Å². The lowest BCUT2D eigenvalue weighted by Gasteiger charge is -2.15. The van der Waals surface area contributed by atoms with Crippen LogP contribution in [0.2, 0.25) is 0 Å². The molecule has 4 nitrogen and oxygen atoms in total. The number of rotatable bonds is 7. The van der Waals surface area contributed by atoms with Crippen LogP contribution < -0.4 is 19.5 Å². The second-order valence-electron chi connectivity index (χ2n) is 3.87. The van der Waals surface area contributed by atoms with E-state index in [0.717, 1.165) is 24.2 Å². The third-order valence-corrected chi connectivity index (χ3v) is 2.71. The van der Waals surface area contributed by atoms with Crippen LogP contribution in [0.5, 0.6) is 17.2 Å². The summed E-state index contributed by atoms with van der Waals surface area (Å²) < 4.78 is 15.8. The first-order valence-electron chi connectivity index (χ1n) is 5.86. The highest BCUT2D eigenvalue weighted by Crippen LogP contribution is 2.39. The van der Waals surface area contributed by atoms with Gasteiger partial charge in [-0.15, -0.1) is 0 Å². The molecule has 100 valence electrons. The van der Waals surface area contributed by atoms with Crippen molar-refractivity contribution < 1.29 is 14.2 Å². The highest BCUT2D eigenvalue weighted by Gasteiger charge is 2.12. The van der Waals surface area contributed by atoms with Crippen LogP contribution in [0.15, 0.2) is 24.3 Å². The largest absolute Gasteiger partial charge is 0.493 e. The summed E-state index contributed by atoms with van der Waals surface area (Å²) in [7, 11) is 4.80. The molecule has 4 heteroatoms. The molecule has 0 aliphatic rings. The maximum absolute atomic E-state index is 5.29. The molecule has 0 spiro atoms. The lowest BCUT2D eigenvalue weighted by molar-refractivity contribution is 0.324. The number of ether oxygens (including phenoxy) is 3. The normalized spacial score (nSPS) is 9.78. The Balaban J connectivity index is 2.96. The van der Waals surface area contributed by atoms with Crippen LogP contribution in [0.25, 0.3) is 0 Å². The Morgan fingerprint density at radius 2 is 1.67 bits per heavy atom. The van der Waals surface area contributed by atoms with E-state index in [-0.39, 0.29) is 0 Å². The smallest absolute Gasteiger partial charge is 0.203 e. The fraction of sp³-hybridized carbons (Fsp3) is 0.429. The molecule has 0 atom stereocenters. The van der Waals surface area contributed by atoms with Gasteiger partial charge in [-0.2, -0.15) is 0 Å². The van der Waals surface area contributed by atoms with Crippen molar-refractivity contribution in [2.24, 2.45) is 0 Å². The zero-order chi connectivity index (χ0) is 13.5. The molecule has 0 bridgehead atoms. The monoisotopic (exact) mass is 251 g/mol. The van der Waals surface area contributed by atoms with Gasteiger partial charge in [0.2, 0.25) is 5.75 Å². The maximum atomic E-state index is 5.29. The number of hydrogen-bond donors (Lipinski definition) is 1. The summed E-state index contributed by atoms with van der Waals surface area (Å²) in [5.74, 6) is 1.88. The van der Waals surface area contributed by atoms with Gasteiger partial charge in [-0.25, -0.2) is 0 Å². The van der Waals surface area contributed by atoms with E-state index in [2.05, 4.69) is 18.8 Å². The number of anilines is 1.